The van der Waals surface area contributed by atoms with Crippen LogP contribution in [0.4, 0.5) is 0 Å². The van der Waals surface area contributed by atoms with Crippen molar-refractivity contribution in [3.8, 4) is 11.5 Å². The van der Waals surface area contributed by atoms with Gasteiger partial charge in [-0.2, -0.15) is 0 Å². The standard InChI is InChI=1S/C18H25NO6.C2H6/c1-4-17(20)12-9-19-6-5-10-7-13(23-2)14(24-3)8-11(10)15(19)18(21,22)16(12)25-17;1-2/h7-8,12,15-16,20-22H,4-6,9H2,1-3H3;1-2H3. The summed E-state index contributed by atoms with van der Waals surface area (Å²) < 4.78 is 16.3. The van der Waals surface area contributed by atoms with Gasteiger partial charge in [-0.1, -0.05) is 20.8 Å². The Balaban J connectivity index is 0.00000102. The van der Waals surface area contributed by atoms with Gasteiger partial charge >= 0.3 is 0 Å². The molecule has 0 aromatic heterocycles. The lowest BCUT2D eigenvalue weighted by Crippen LogP contribution is -2.77. The SMILES string of the molecule is CC.CCC1(O)OC2C1CN1CCc3cc(OC)c(OC)cc3C1C2(O)O. The first kappa shape index (κ1) is 20.4. The van der Waals surface area contributed by atoms with E-state index in [1.807, 2.05) is 37.8 Å². The molecule has 3 aliphatic heterocycles. The lowest BCUT2D eigenvalue weighted by Gasteiger charge is -2.63. The van der Waals surface area contributed by atoms with Gasteiger partial charge in [0.2, 0.25) is 5.79 Å². The van der Waals surface area contributed by atoms with Gasteiger partial charge in [0.1, 0.15) is 6.10 Å². The highest BCUT2D eigenvalue weighted by Crippen LogP contribution is 2.54. The highest BCUT2D eigenvalue weighted by atomic mass is 16.7. The molecule has 0 radical (unpaired) electrons. The number of aliphatic hydroxyl groups is 3. The van der Waals surface area contributed by atoms with E-state index in [1.165, 1.54) is 0 Å². The van der Waals surface area contributed by atoms with Crippen molar-refractivity contribution >= 4 is 0 Å². The van der Waals surface area contributed by atoms with Gasteiger partial charge in [-0.15, -0.1) is 0 Å². The fraction of sp³-hybridized carbons (Fsp3) is 0.700. The molecule has 3 heterocycles. The maximum atomic E-state index is 10.9. The summed E-state index contributed by atoms with van der Waals surface area (Å²) >= 11 is 0. The molecule has 152 valence electrons. The summed E-state index contributed by atoms with van der Waals surface area (Å²) in [5.74, 6) is -2.49. The second-order valence-electron chi connectivity index (χ2n) is 7.18. The average molecular weight is 381 g/mol. The molecular formula is C20H31NO6. The van der Waals surface area contributed by atoms with Crippen molar-refractivity contribution in [3.05, 3.63) is 23.3 Å². The van der Waals surface area contributed by atoms with Gasteiger partial charge in [0.25, 0.3) is 0 Å². The Kier molecular flexibility index (Phi) is 5.44. The van der Waals surface area contributed by atoms with Gasteiger partial charge < -0.3 is 29.5 Å². The summed E-state index contributed by atoms with van der Waals surface area (Å²) in [5, 5.41) is 32.3. The molecule has 2 fully saturated rings. The van der Waals surface area contributed by atoms with Gasteiger partial charge in [0.15, 0.2) is 17.3 Å². The van der Waals surface area contributed by atoms with Crippen molar-refractivity contribution in [1.82, 2.24) is 4.90 Å². The highest BCUT2D eigenvalue weighted by molar-refractivity contribution is 5.50. The van der Waals surface area contributed by atoms with Crippen LogP contribution in [0.1, 0.15) is 44.4 Å². The van der Waals surface area contributed by atoms with E-state index < -0.39 is 23.7 Å². The van der Waals surface area contributed by atoms with Crippen LogP contribution in [-0.2, 0) is 11.2 Å². The lowest BCUT2D eigenvalue weighted by molar-refractivity contribution is -0.454. The van der Waals surface area contributed by atoms with Crippen molar-refractivity contribution in [2.24, 2.45) is 5.92 Å². The summed E-state index contributed by atoms with van der Waals surface area (Å²) in [5.41, 5.74) is 1.82. The van der Waals surface area contributed by atoms with E-state index in [0.717, 1.165) is 17.5 Å². The van der Waals surface area contributed by atoms with Crippen LogP contribution in [0.25, 0.3) is 0 Å². The Hall–Kier alpha value is -1.38. The molecule has 0 amide bonds. The van der Waals surface area contributed by atoms with Crippen LogP contribution < -0.4 is 9.47 Å². The molecule has 7 heteroatoms. The Morgan fingerprint density at radius 1 is 1.15 bits per heavy atom. The number of nitrogens with zero attached hydrogens (tertiary/aromatic N) is 1. The molecule has 0 spiro atoms. The second kappa shape index (κ2) is 7.22. The summed E-state index contributed by atoms with van der Waals surface area (Å²) in [6, 6.07) is 3.09. The van der Waals surface area contributed by atoms with E-state index in [-0.39, 0.29) is 5.92 Å². The monoisotopic (exact) mass is 381 g/mol. The molecule has 1 aromatic rings. The lowest BCUT2D eigenvalue weighted by atomic mass is 9.70. The molecule has 3 aliphatic rings. The molecular weight excluding hydrogens is 350 g/mol. The van der Waals surface area contributed by atoms with Crippen molar-refractivity contribution < 1.29 is 29.5 Å². The van der Waals surface area contributed by atoms with Gasteiger partial charge in [0, 0.05) is 13.1 Å². The summed E-state index contributed by atoms with van der Waals surface area (Å²) in [4.78, 5) is 2.03. The third-order valence-corrected chi connectivity index (χ3v) is 6.01. The number of fused-ring (bicyclic) bond motifs is 4. The quantitative estimate of drug-likeness (QED) is 0.683. The normalized spacial score (nSPS) is 33.4. The number of hydrogen-bond donors (Lipinski definition) is 3. The maximum Gasteiger partial charge on any atom is 0.210 e. The molecule has 7 nitrogen and oxygen atoms in total. The predicted molar refractivity (Wildman–Crippen MR) is 99.7 cm³/mol. The zero-order valence-corrected chi connectivity index (χ0v) is 16.7. The Labute approximate surface area is 160 Å². The molecule has 4 unspecified atom stereocenters. The van der Waals surface area contributed by atoms with E-state index >= 15 is 0 Å². The van der Waals surface area contributed by atoms with Gasteiger partial charge in [-0.3, -0.25) is 4.90 Å². The third kappa shape index (κ3) is 2.93. The number of hydrogen-bond acceptors (Lipinski definition) is 7. The molecule has 4 atom stereocenters. The first-order valence-corrected chi connectivity index (χ1v) is 9.69. The number of ether oxygens (including phenoxy) is 3. The highest BCUT2D eigenvalue weighted by Gasteiger charge is 2.68. The van der Waals surface area contributed by atoms with Crippen LogP contribution in [0.15, 0.2) is 12.1 Å². The minimum Gasteiger partial charge on any atom is -0.493 e. The van der Waals surface area contributed by atoms with Gasteiger partial charge in [0.05, 0.1) is 26.2 Å². The molecule has 4 rings (SSSR count). The molecule has 0 aliphatic carbocycles. The topological polar surface area (TPSA) is 91.6 Å². The third-order valence-electron chi connectivity index (χ3n) is 6.01. The number of methoxy groups -OCH3 is 2. The second-order valence-corrected chi connectivity index (χ2v) is 7.18. The zero-order valence-electron chi connectivity index (χ0n) is 16.7. The van der Waals surface area contributed by atoms with Crippen molar-refractivity contribution in [1.29, 1.82) is 0 Å². The largest absolute Gasteiger partial charge is 0.493 e. The Morgan fingerprint density at radius 2 is 1.78 bits per heavy atom. The van der Waals surface area contributed by atoms with Crippen molar-refractivity contribution in [2.45, 2.75) is 57.3 Å². The Morgan fingerprint density at radius 3 is 2.37 bits per heavy atom. The molecule has 0 saturated carbocycles. The fourth-order valence-corrected chi connectivity index (χ4v) is 4.62. The minimum atomic E-state index is -2.08. The van der Waals surface area contributed by atoms with Crippen LogP contribution >= 0.6 is 0 Å². The molecule has 27 heavy (non-hydrogen) atoms. The van der Waals surface area contributed by atoms with E-state index in [9.17, 15) is 15.3 Å². The summed E-state index contributed by atoms with van der Waals surface area (Å²) in [6.45, 7) is 7.08. The first-order chi connectivity index (χ1) is 12.9. The van der Waals surface area contributed by atoms with E-state index in [2.05, 4.69) is 0 Å². The summed E-state index contributed by atoms with van der Waals surface area (Å²) in [7, 11) is 3.14. The van der Waals surface area contributed by atoms with Gasteiger partial charge in [-0.25, -0.2) is 0 Å². The van der Waals surface area contributed by atoms with Gasteiger partial charge in [-0.05, 0) is 36.1 Å². The zero-order chi connectivity index (χ0) is 20.0. The molecule has 0 bridgehead atoms. The molecule has 3 N–H and O–H groups in total. The van der Waals surface area contributed by atoms with Crippen molar-refractivity contribution in [2.75, 3.05) is 27.3 Å². The maximum absolute atomic E-state index is 10.9. The van der Waals surface area contributed by atoms with Crippen LogP contribution in [0, 0.1) is 5.92 Å². The smallest absolute Gasteiger partial charge is 0.210 e. The Bertz CT molecular complexity index is 693. The molecule has 2 saturated heterocycles. The number of piperidine rings is 1. The first-order valence-electron chi connectivity index (χ1n) is 9.69. The van der Waals surface area contributed by atoms with Crippen LogP contribution in [0.2, 0.25) is 0 Å². The van der Waals surface area contributed by atoms with Crippen LogP contribution in [0.3, 0.4) is 0 Å². The van der Waals surface area contributed by atoms with E-state index in [4.69, 9.17) is 14.2 Å². The summed E-state index contributed by atoms with van der Waals surface area (Å²) in [6.07, 6.45) is 0.382. The number of rotatable bonds is 3. The van der Waals surface area contributed by atoms with Crippen molar-refractivity contribution in [3.63, 3.8) is 0 Å². The van der Waals surface area contributed by atoms with Crippen LogP contribution in [0.5, 0.6) is 11.5 Å². The number of benzene rings is 1. The minimum absolute atomic E-state index is 0.314. The fourth-order valence-electron chi connectivity index (χ4n) is 4.62. The molecule has 1 aromatic carbocycles. The van der Waals surface area contributed by atoms with E-state index in [1.54, 1.807) is 14.2 Å². The van der Waals surface area contributed by atoms with E-state index in [0.29, 0.717) is 31.0 Å². The predicted octanol–water partition coefficient (Wildman–Crippen LogP) is 1.44. The van der Waals surface area contributed by atoms with Crippen LogP contribution in [-0.4, -0.2) is 65.2 Å². The average Bonchev–Trinajstić information content (AvgIpc) is 2.68.